The Morgan fingerprint density at radius 2 is 1.84 bits per heavy atom. The van der Waals surface area contributed by atoms with E-state index < -0.39 is 0 Å². The van der Waals surface area contributed by atoms with E-state index in [9.17, 15) is 9.90 Å². The van der Waals surface area contributed by atoms with Crippen LogP contribution in [0.1, 0.15) is 54.6 Å². The summed E-state index contributed by atoms with van der Waals surface area (Å²) in [6.45, 7) is 5.68. The molecule has 1 saturated heterocycles. The van der Waals surface area contributed by atoms with Crippen LogP contribution >= 0.6 is 0 Å². The van der Waals surface area contributed by atoms with Gasteiger partial charge in [0.05, 0.1) is 24.9 Å². The maximum Gasteiger partial charge on any atom is 0.255 e. The molecule has 4 N–H and O–H groups in total. The minimum atomic E-state index is -0.253. The molecule has 1 atom stereocenters. The molecule has 0 bridgehead atoms. The molecule has 7 heteroatoms. The van der Waals surface area contributed by atoms with Crippen LogP contribution in [0.25, 0.3) is 11.1 Å². The molecule has 4 rings (SSSR count). The molecule has 0 spiro atoms. The van der Waals surface area contributed by atoms with Gasteiger partial charge in [0, 0.05) is 36.9 Å². The number of carbonyl (C=O) groups excluding carboxylic acids is 1. The van der Waals surface area contributed by atoms with Gasteiger partial charge in [-0.05, 0) is 49.8 Å². The van der Waals surface area contributed by atoms with E-state index >= 15 is 0 Å². The van der Waals surface area contributed by atoms with Crippen LogP contribution in [-0.4, -0.2) is 59.3 Å². The zero-order valence-corrected chi connectivity index (χ0v) is 18.1. The third-order valence-electron chi connectivity index (χ3n) is 6.51. The molecule has 1 aliphatic carbocycles. The Labute approximate surface area is 183 Å². The van der Waals surface area contributed by atoms with Crippen LogP contribution in [0, 0.1) is 0 Å². The Bertz CT molecular complexity index is 888. The van der Waals surface area contributed by atoms with E-state index in [2.05, 4.69) is 46.4 Å². The molecule has 0 radical (unpaired) electrons. The Morgan fingerprint density at radius 1 is 1.16 bits per heavy atom. The number of nitrogens with one attached hydrogen (secondary N) is 1. The number of anilines is 1. The monoisotopic (exact) mass is 424 g/mol. The number of ether oxygens (including phenoxy) is 1. The minimum Gasteiger partial charge on any atom is -0.393 e. The van der Waals surface area contributed by atoms with Gasteiger partial charge < -0.3 is 20.9 Å². The first kappa shape index (κ1) is 21.7. The van der Waals surface area contributed by atoms with Crippen molar-refractivity contribution < 1.29 is 14.6 Å². The first-order chi connectivity index (χ1) is 15.0. The normalized spacial score (nSPS) is 23.3. The van der Waals surface area contributed by atoms with Crippen molar-refractivity contribution in [1.29, 1.82) is 0 Å². The van der Waals surface area contributed by atoms with Crippen LogP contribution in [0.3, 0.4) is 0 Å². The second-order valence-corrected chi connectivity index (χ2v) is 8.58. The number of amides is 1. The van der Waals surface area contributed by atoms with Gasteiger partial charge in [-0.3, -0.25) is 9.69 Å². The lowest BCUT2D eigenvalue weighted by Gasteiger charge is -2.32. The second kappa shape index (κ2) is 9.77. The first-order valence-electron chi connectivity index (χ1n) is 11.2. The van der Waals surface area contributed by atoms with Gasteiger partial charge in [-0.1, -0.05) is 24.3 Å². The largest absolute Gasteiger partial charge is 0.393 e. The third-order valence-corrected chi connectivity index (χ3v) is 6.51. The van der Waals surface area contributed by atoms with Crippen LogP contribution in [-0.2, 0) is 4.74 Å². The van der Waals surface area contributed by atoms with Gasteiger partial charge in [-0.2, -0.15) is 0 Å². The maximum absolute atomic E-state index is 12.8. The summed E-state index contributed by atoms with van der Waals surface area (Å²) in [6.07, 6.45) is 4.45. The zero-order chi connectivity index (χ0) is 21.8. The minimum absolute atomic E-state index is 0.0694. The van der Waals surface area contributed by atoms with Crippen molar-refractivity contribution in [3.63, 3.8) is 0 Å². The highest BCUT2D eigenvalue weighted by molar-refractivity contribution is 5.99. The summed E-state index contributed by atoms with van der Waals surface area (Å²) in [5.74, 6) is 0.0282. The highest BCUT2D eigenvalue weighted by Gasteiger charge is 2.23. The summed E-state index contributed by atoms with van der Waals surface area (Å²) < 4.78 is 5.45. The van der Waals surface area contributed by atoms with E-state index in [0.717, 1.165) is 50.3 Å². The molecule has 0 unspecified atom stereocenters. The van der Waals surface area contributed by atoms with Crippen LogP contribution in [0.2, 0.25) is 0 Å². The van der Waals surface area contributed by atoms with Gasteiger partial charge in [0.2, 0.25) is 0 Å². The molecular weight excluding hydrogens is 392 g/mol. The predicted molar refractivity (Wildman–Crippen MR) is 121 cm³/mol. The highest BCUT2D eigenvalue weighted by atomic mass is 16.5. The van der Waals surface area contributed by atoms with Gasteiger partial charge in [0.15, 0.2) is 0 Å². The number of morpholine rings is 1. The number of rotatable bonds is 5. The Morgan fingerprint density at radius 3 is 2.52 bits per heavy atom. The number of nitrogens with two attached hydrogens (primary N) is 1. The molecule has 7 nitrogen and oxygen atoms in total. The maximum atomic E-state index is 12.8. The molecule has 2 heterocycles. The number of carbonyl (C=O) groups is 1. The van der Waals surface area contributed by atoms with E-state index in [1.54, 1.807) is 6.20 Å². The van der Waals surface area contributed by atoms with E-state index in [4.69, 9.17) is 10.5 Å². The summed E-state index contributed by atoms with van der Waals surface area (Å²) in [6, 6.07) is 10.6. The van der Waals surface area contributed by atoms with Crippen LogP contribution in [0.15, 0.2) is 36.5 Å². The number of hydrogen-bond donors (Lipinski definition) is 3. The fourth-order valence-corrected chi connectivity index (χ4v) is 4.43. The number of aliphatic hydroxyl groups is 1. The molecule has 2 fully saturated rings. The summed E-state index contributed by atoms with van der Waals surface area (Å²) in [5, 5.41) is 12.7. The van der Waals surface area contributed by atoms with Crippen molar-refractivity contribution in [2.24, 2.45) is 0 Å². The Hall–Kier alpha value is -2.48. The lowest BCUT2D eigenvalue weighted by Crippen LogP contribution is -2.38. The third kappa shape index (κ3) is 5.23. The van der Waals surface area contributed by atoms with E-state index in [1.165, 1.54) is 5.56 Å². The van der Waals surface area contributed by atoms with Gasteiger partial charge in [-0.15, -0.1) is 0 Å². The van der Waals surface area contributed by atoms with Crippen molar-refractivity contribution in [3.05, 3.63) is 47.7 Å². The summed E-state index contributed by atoms with van der Waals surface area (Å²) in [7, 11) is 0. The summed E-state index contributed by atoms with van der Waals surface area (Å²) in [4.78, 5) is 19.5. The number of hydrogen-bond acceptors (Lipinski definition) is 6. The number of nitrogen functional groups attached to an aromatic ring is 1. The van der Waals surface area contributed by atoms with Gasteiger partial charge >= 0.3 is 0 Å². The zero-order valence-electron chi connectivity index (χ0n) is 18.1. The molecule has 1 aliphatic heterocycles. The SMILES string of the molecule is C[C@@H](c1ccc(-c2cnc(N)c(C(=O)NC3CCC(O)CC3)c2)cc1)N1CCOCC1. The predicted octanol–water partition coefficient (Wildman–Crippen LogP) is 2.76. The van der Waals surface area contributed by atoms with Crippen LogP contribution in [0.5, 0.6) is 0 Å². The second-order valence-electron chi connectivity index (χ2n) is 8.58. The molecule has 1 aromatic heterocycles. The smallest absolute Gasteiger partial charge is 0.255 e. The van der Waals surface area contributed by atoms with E-state index in [-0.39, 0.29) is 23.9 Å². The van der Waals surface area contributed by atoms with E-state index in [0.29, 0.717) is 24.4 Å². The summed E-state index contributed by atoms with van der Waals surface area (Å²) in [5.41, 5.74) is 9.53. The molecule has 166 valence electrons. The molecule has 1 aromatic carbocycles. The summed E-state index contributed by atoms with van der Waals surface area (Å²) >= 11 is 0. The fraction of sp³-hybridized carbons (Fsp3) is 0.500. The lowest BCUT2D eigenvalue weighted by atomic mass is 9.93. The van der Waals surface area contributed by atoms with Crippen molar-refractivity contribution in [3.8, 4) is 11.1 Å². The molecular formula is C24H32N4O3. The fourth-order valence-electron chi connectivity index (χ4n) is 4.43. The average Bonchev–Trinajstić information content (AvgIpc) is 2.81. The van der Waals surface area contributed by atoms with E-state index in [1.807, 2.05) is 6.07 Å². The van der Waals surface area contributed by atoms with Gasteiger partial charge in [0.25, 0.3) is 5.91 Å². The molecule has 1 saturated carbocycles. The van der Waals surface area contributed by atoms with Gasteiger partial charge in [-0.25, -0.2) is 4.98 Å². The first-order valence-corrected chi connectivity index (χ1v) is 11.2. The number of aliphatic hydroxyl groups excluding tert-OH is 1. The molecule has 31 heavy (non-hydrogen) atoms. The van der Waals surface area contributed by atoms with Crippen LogP contribution < -0.4 is 11.1 Å². The van der Waals surface area contributed by atoms with Crippen molar-refractivity contribution in [2.45, 2.75) is 50.8 Å². The Kier molecular flexibility index (Phi) is 6.85. The lowest BCUT2D eigenvalue weighted by molar-refractivity contribution is 0.0198. The van der Waals surface area contributed by atoms with Crippen molar-refractivity contribution >= 4 is 11.7 Å². The molecule has 1 amide bonds. The number of nitrogens with zero attached hydrogens (tertiary/aromatic N) is 2. The quantitative estimate of drug-likeness (QED) is 0.682. The van der Waals surface area contributed by atoms with Crippen molar-refractivity contribution in [2.75, 3.05) is 32.0 Å². The number of aromatic nitrogens is 1. The number of benzene rings is 1. The molecule has 2 aromatic rings. The van der Waals surface area contributed by atoms with Crippen molar-refractivity contribution in [1.82, 2.24) is 15.2 Å². The van der Waals surface area contributed by atoms with Crippen LogP contribution in [0.4, 0.5) is 5.82 Å². The Balaban J connectivity index is 1.46. The topological polar surface area (TPSA) is 101 Å². The standard InChI is InChI=1S/C24H32N4O3/c1-16(28-10-12-31-13-11-28)17-2-4-18(5-3-17)19-14-22(23(25)26-15-19)24(30)27-20-6-8-21(29)9-7-20/h2-5,14-16,20-21,29H,6-13H2,1H3,(H2,25,26)(H,27,30)/t16-,20?,21?/m0/s1. The molecule has 2 aliphatic rings. The number of pyridine rings is 1. The highest BCUT2D eigenvalue weighted by Crippen LogP contribution is 2.27. The van der Waals surface area contributed by atoms with Gasteiger partial charge in [0.1, 0.15) is 5.82 Å². The average molecular weight is 425 g/mol.